The Balaban J connectivity index is 3.37. The normalized spacial score (nSPS) is 13.5. The van der Waals surface area contributed by atoms with E-state index in [2.05, 4.69) is 18.3 Å². The second-order valence-corrected chi connectivity index (χ2v) is 4.75. The minimum absolute atomic E-state index is 0.219. The molecule has 0 heterocycles. The largest absolute Gasteiger partial charge is 0.392 e. The maximum absolute atomic E-state index is 9.44. The Kier molecular flexibility index (Phi) is 7.37. The predicted octanol–water partition coefficient (Wildman–Crippen LogP) is 2.07. The topological polar surface area (TPSA) is 56.0 Å². The Hall–Kier alpha value is -0.590. The molecule has 15 heavy (non-hydrogen) atoms. The zero-order chi connectivity index (χ0) is 11.7. The lowest BCUT2D eigenvalue weighted by Gasteiger charge is -2.15. The van der Waals surface area contributed by atoms with Crippen molar-refractivity contribution >= 4 is 0 Å². The van der Waals surface area contributed by atoms with E-state index in [0.717, 1.165) is 32.2 Å². The van der Waals surface area contributed by atoms with Crippen LogP contribution in [0.15, 0.2) is 0 Å². The number of hydrogen-bond acceptors (Lipinski definition) is 3. The molecule has 0 bridgehead atoms. The van der Waals surface area contributed by atoms with E-state index >= 15 is 0 Å². The van der Waals surface area contributed by atoms with Gasteiger partial charge >= 0.3 is 0 Å². The molecule has 0 aliphatic rings. The molecule has 0 aromatic heterocycles. The van der Waals surface area contributed by atoms with Gasteiger partial charge in [0.2, 0.25) is 0 Å². The van der Waals surface area contributed by atoms with Gasteiger partial charge in [-0.3, -0.25) is 0 Å². The Morgan fingerprint density at radius 1 is 1.47 bits per heavy atom. The van der Waals surface area contributed by atoms with E-state index in [9.17, 15) is 5.11 Å². The maximum Gasteiger partial charge on any atom is 0.0683 e. The SMILES string of the molecule is CCCC(O)CNCCCC(C)(C)C#N. The second kappa shape index (κ2) is 7.67. The highest BCUT2D eigenvalue weighted by molar-refractivity contribution is 4.91. The van der Waals surface area contributed by atoms with Crippen molar-refractivity contribution in [2.75, 3.05) is 13.1 Å². The van der Waals surface area contributed by atoms with Gasteiger partial charge in [0.05, 0.1) is 17.6 Å². The van der Waals surface area contributed by atoms with Crippen molar-refractivity contribution in [3.63, 3.8) is 0 Å². The van der Waals surface area contributed by atoms with Crippen LogP contribution in [0.2, 0.25) is 0 Å². The average Bonchev–Trinajstić information content (AvgIpc) is 2.17. The first kappa shape index (κ1) is 14.4. The number of nitriles is 1. The quantitative estimate of drug-likeness (QED) is 0.606. The van der Waals surface area contributed by atoms with Gasteiger partial charge in [-0.2, -0.15) is 5.26 Å². The van der Waals surface area contributed by atoms with Crippen LogP contribution in [0.3, 0.4) is 0 Å². The molecule has 0 fully saturated rings. The summed E-state index contributed by atoms with van der Waals surface area (Å²) in [7, 11) is 0. The molecule has 0 radical (unpaired) electrons. The number of nitrogens with zero attached hydrogens (tertiary/aromatic N) is 1. The molecule has 0 rings (SSSR count). The molecule has 0 aliphatic carbocycles. The fourth-order valence-corrected chi connectivity index (χ4v) is 1.42. The third-order valence-corrected chi connectivity index (χ3v) is 2.46. The van der Waals surface area contributed by atoms with E-state index in [1.54, 1.807) is 0 Å². The number of rotatable bonds is 8. The molecule has 0 amide bonds. The van der Waals surface area contributed by atoms with Crippen molar-refractivity contribution in [3.8, 4) is 6.07 Å². The number of hydrogen-bond donors (Lipinski definition) is 2. The van der Waals surface area contributed by atoms with Gasteiger partial charge in [-0.05, 0) is 39.7 Å². The van der Waals surface area contributed by atoms with Crippen molar-refractivity contribution in [1.82, 2.24) is 5.32 Å². The van der Waals surface area contributed by atoms with E-state index in [0.29, 0.717) is 6.54 Å². The van der Waals surface area contributed by atoms with Crippen LogP contribution in [0.4, 0.5) is 0 Å². The van der Waals surface area contributed by atoms with Crippen molar-refractivity contribution in [2.45, 2.75) is 52.6 Å². The Labute approximate surface area is 93.5 Å². The lowest BCUT2D eigenvalue weighted by Crippen LogP contribution is -2.28. The van der Waals surface area contributed by atoms with Crippen molar-refractivity contribution in [3.05, 3.63) is 0 Å². The molecule has 2 N–H and O–H groups in total. The second-order valence-electron chi connectivity index (χ2n) is 4.75. The molecule has 1 unspecified atom stereocenters. The monoisotopic (exact) mass is 212 g/mol. The summed E-state index contributed by atoms with van der Waals surface area (Å²) in [6, 6.07) is 2.28. The van der Waals surface area contributed by atoms with Gasteiger partial charge in [-0.25, -0.2) is 0 Å². The lowest BCUT2D eigenvalue weighted by molar-refractivity contribution is 0.160. The predicted molar refractivity (Wildman–Crippen MR) is 62.4 cm³/mol. The van der Waals surface area contributed by atoms with Gasteiger partial charge in [0, 0.05) is 6.54 Å². The maximum atomic E-state index is 9.44. The minimum Gasteiger partial charge on any atom is -0.392 e. The number of aliphatic hydroxyl groups excluding tert-OH is 1. The highest BCUT2D eigenvalue weighted by Gasteiger charge is 2.15. The molecule has 3 nitrogen and oxygen atoms in total. The van der Waals surface area contributed by atoms with Crippen molar-refractivity contribution in [1.29, 1.82) is 5.26 Å². The van der Waals surface area contributed by atoms with E-state index in [1.807, 2.05) is 13.8 Å². The van der Waals surface area contributed by atoms with E-state index < -0.39 is 0 Å². The van der Waals surface area contributed by atoms with Gasteiger partial charge < -0.3 is 10.4 Å². The van der Waals surface area contributed by atoms with E-state index in [4.69, 9.17) is 5.26 Å². The first-order valence-electron chi connectivity index (χ1n) is 5.82. The molecule has 3 heteroatoms. The van der Waals surface area contributed by atoms with Crippen LogP contribution in [0.1, 0.15) is 46.5 Å². The van der Waals surface area contributed by atoms with Gasteiger partial charge in [0.25, 0.3) is 0 Å². The van der Waals surface area contributed by atoms with Gasteiger partial charge in [-0.15, -0.1) is 0 Å². The van der Waals surface area contributed by atoms with Crippen LogP contribution >= 0.6 is 0 Å². The molecule has 0 spiro atoms. The summed E-state index contributed by atoms with van der Waals surface area (Å²) in [6.07, 6.45) is 3.54. The summed E-state index contributed by atoms with van der Waals surface area (Å²) in [5.41, 5.74) is -0.219. The van der Waals surface area contributed by atoms with Crippen LogP contribution in [0.25, 0.3) is 0 Å². The summed E-state index contributed by atoms with van der Waals surface area (Å²) in [5, 5.41) is 21.4. The molecule has 0 aliphatic heterocycles. The average molecular weight is 212 g/mol. The fraction of sp³-hybridized carbons (Fsp3) is 0.917. The van der Waals surface area contributed by atoms with Crippen LogP contribution in [-0.4, -0.2) is 24.3 Å². The number of aliphatic hydroxyl groups is 1. The molecule has 1 atom stereocenters. The van der Waals surface area contributed by atoms with Crippen LogP contribution in [-0.2, 0) is 0 Å². The smallest absolute Gasteiger partial charge is 0.0683 e. The molecule has 0 aromatic rings. The van der Waals surface area contributed by atoms with Gasteiger partial charge in [0.1, 0.15) is 0 Å². The number of nitrogens with one attached hydrogen (secondary N) is 1. The molecular weight excluding hydrogens is 188 g/mol. The van der Waals surface area contributed by atoms with E-state index in [-0.39, 0.29) is 11.5 Å². The molecule has 88 valence electrons. The summed E-state index contributed by atoms with van der Waals surface area (Å²) >= 11 is 0. The standard InChI is InChI=1S/C12H24N2O/c1-4-6-11(15)9-14-8-5-7-12(2,3)10-13/h11,14-15H,4-9H2,1-3H3. The Bertz CT molecular complexity index is 196. The minimum atomic E-state index is -0.223. The third-order valence-electron chi connectivity index (χ3n) is 2.46. The molecule has 0 saturated heterocycles. The van der Waals surface area contributed by atoms with Crippen LogP contribution in [0.5, 0.6) is 0 Å². The zero-order valence-electron chi connectivity index (χ0n) is 10.2. The molecule has 0 aromatic carbocycles. The molecule has 0 saturated carbocycles. The van der Waals surface area contributed by atoms with E-state index in [1.165, 1.54) is 0 Å². The summed E-state index contributed by atoms with van der Waals surface area (Å²) in [4.78, 5) is 0. The fourth-order valence-electron chi connectivity index (χ4n) is 1.42. The van der Waals surface area contributed by atoms with Gasteiger partial charge in [0.15, 0.2) is 0 Å². The van der Waals surface area contributed by atoms with Crippen LogP contribution < -0.4 is 5.32 Å². The highest BCUT2D eigenvalue weighted by atomic mass is 16.3. The summed E-state index contributed by atoms with van der Waals surface area (Å²) in [5.74, 6) is 0. The van der Waals surface area contributed by atoms with Crippen molar-refractivity contribution in [2.24, 2.45) is 5.41 Å². The van der Waals surface area contributed by atoms with Gasteiger partial charge in [-0.1, -0.05) is 13.3 Å². The third kappa shape index (κ3) is 8.41. The zero-order valence-corrected chi connectivity index (χ0v) is 10.2. The first-order chi connectivity index (χ1) is 7.02. The highest BCUT2D eigenvalue weighted by Crippen LogP contribution is 2.19. The molecular formula is C12H24N2O. The summed E-state index contributed by atoms with van der Waals surface area (Å²) in [6.45, 7) is 7.53. The van der Waals surface area contributed by atoms with Crippen molar-refractivity contribution < 1.29 is 5.11 Å². The summed E-state index contributed by atoms with van der Waals surface area (Å²) < 4.78 is 0. The lowest BCUT2D eigenvalue weighted by atomic mass is 9.90. The Morgan fingerprint density at radius 2 is 2.13 bits per heavy atom. The first-order valence-corrected chi connectivity index (χ1v) is 5.82. The Morgan fingerprint density at radius 3 is 2.67 bits per heavy atom. The van der Waals surface area contributed by atoms with Crippen LogP contribution in [0, 0.1) is 16.7 Å².